The van der Waals surface area contributed by atoms with Crippen molar-refractivity contribution in [2.45, 2.75) is 25.7 Å². The lowest BCUT2D eigenvalue weighted by Crippen LogP contribution is -2.16. The first-order chi connectivity index (χ1) is 15.1. The molecule has 0 aliphatic rings. The van der Waals surface area contributed by atoms with E-state index in [1.165, 1.54) is 12.1 Å². The maximum absolute atomic E-state index is 13.0. The largest absolute Gasteiger partial charge is 0.453 e. The van der Waals surface area contributed by atoms with E-state index >= 15 is 0 Å². The van der Waals surface area contributed by atoms with Crippen LogP contribution in [0.4, 0.5) is 5.69 Å². The number of para-hydroxylation sites is 1. The molecular weight excluding hydrogens is 467 g/mol. The molecule has 8 heteroatoms. The topological polar surface area (TPSA) is 68.3 Å². The first-order valence-electron chi connectivity index (χ1n) is 9.76. The van der Waals surface area contributed by atoms with E-state index in [-0.39, 0.29) is 26.4 Å². The zero-order valence-electron chi connectivity index (χ0n) is 17.6. The Labute approximate surface area is 197 Å². The summed E-state index contributed by atoms with van der Waals surface area (Å²) in [6, 6.07) is 16.1. The number of rotatable bonds is 5. The van der Waals surface area contributed by atoms with Gasteiger partial charge in [-0.05, 0) is 56.2 Å². The van der Waals surface area contributed by atoms with Gasteiger partial charge in [0.05, 0.1) is 32.3 Å². The summed E-state index contributed by atoms with van der Waals surface area (Å²) in [5.41, 5.74) is 3.40. The van der Waals surface area contributed by atoms with Crippen LogP contribution in [0.15, 0.2) is 65.7 Å². The fourth-order valence-electron chi connectivity index (χ4n) is 3.74. The Kier molecular flexibility index (Phi) is 6.03. The first-order valence-corrected chi connectivity index (χ1v) is 12.0. The SMILES string of the molecule is Cc1cc(C)c(S(=O)(=O)Nc2cc(Cl)c(Oc3cnc4ccccc4c3)c(Cl)c2)c(C)c1. The Hall–Kier alpha value is -2.80. The van der Waals surface area contributed by atoms with Crippen LogP contribution < -0.4 is 9.46 Å². The van der Waals surface area contributed by atoms with Crippen molar-refractivity contribution < 1.29 is 13.2 Å². The molecule has 3 aromatic carbocycles. The second-order valence-corrected chi connectivity index (χ2v) is 10.0. The van der Waals surface area contributed by atoms with Gasteiger partial charge < -0.3 is 4.74 Å². The van der Waals surface area contributed by atoms with Gasteiger partial charge in [0.25, 0.3) is 10.0 Å². The van der Waals surface area contributed by atoms with Gasteiger partial charge in [0.15, 0.2) is 5.75 Å². The lowest BCUT2D eigenvalue weighted by atomic mass is 10.1. The molecule has 5 nitrogen and oxygen atoms in total. The molecule has 4 rings (SSSR count). The molecule has 0 fully saturated rings. The summed E-state index contributed by atoms with van der Waals surface area (Å²) in [7, 11) is -3.84. The Morgan fingerprint density at radius 3 is 2.19 bits per heavy atom. The number of sulfonamides is 1. The molecule has 32 heavy (non-hydrogen) atoms. The van der Waals surface area contributed by atoms with Crippen LogP contribution in [-0.2, 0) is 10.0 Å². The number of hydrogen-bond acceptors (Lipinski definition) is 4. The molecule has 1 heterocycles. The normalized spacial score (nSPS) is 11.5. The van der Waals surface area contributed by atoms with E-state index in [1.807, 2.05) is 49.4 Å². The number of hydrogen-bond donors (Lipinski definition) is 1. The molecule has 0 aliphatic heterocycles. The quantitative estimate of drug-likeness (QED) is 0.327. The third kappa shape index (κ3) is 4.53. The van der Waals surface area contributed by atoms with Gasteiger partial charge in [0.2, 0.25) is 0 Å². The fraction of sp³-hybridized carbons (Fsp3) is 0.125. The van der Waals surface area contributed by atoms with Gasteiger partial charge in [0.1, 0.15) is 5.75 Å². The molecule has 1 aromatic heterocycles. The number of aromatic nitrogens is 1. The van der Waals surface area contributed by atoms with Crippen molar-refractivity contribution in [3.63, 3.8) is 0 Å². The molecule has 1 N–H and O–H groups in total. The minimum atomic E-state index is -3.84. The van der Waals surface area contributed by atoms with Crippen LogP contribution in [0.5, 0.6) is 11.5 Å². The van der Waals surface area contributed by atoms with Crippen molar-refractivity contribution in [1.82, 2.24) is 4.98 Å². The molecule has 0 amide bonds. The van der Waals surface area contributed by atoms with E-state index in [2.05, 4.69) is 9.71 Å². The summed E-state index contributed by atoms with van der Waals surface area (Å²) >= 11 is 12.8. The van der Waals surface area contributed by atoms with E-state index in [1.54, 1.807) is 20.0 Å². The smallest absolute Gasteiger partial charge is 0.262 e. The monoisotopic (exact) mass is 486 g/mol. The zero-order chi connectivity index (χ0) is 23.0. The van der Waals surface area contributed by atoms with Gasteiger partial charge in [0, 0.05) is 5.39 Å². The average molecular weight is 487 g/mol. The van der Waals surface area contributed by atoms with Crippen molar-refractivity contribution in [2.24, 2.45) is 0 Å². The number of pyridine rings is 1. The molecule has 4 aromatic rings. The van der Waals surface area contributed by atoms with E-state index in [0.717, 1.165) is 16.5 Å². The standard InChI is InChI=1S/C24H20Cl2N2O3S/c1-14-8-15(2)24(16(3)9-14)32(29,30)28-18-11-20(25)23(21(26)12-18)31-19-10-17-6-4-5-7-22(17)27-13-19/h4-13,28H,1-3H3. The molecule has 0 saturated carbocycles. The summed E-state index contributed by atoms with van der Waals surface area (Å²) in [4.78, 5) is 4.59. The highest BCUT2D eigenvalue weighted by atomic mass is 35.5. The Balaban J connectivity index is 1.64. The number of ether oxygens (including phenoxy) is 1. The van der Waals surface area contributed by atoms with Crippen LogP contribution in [0.25, 0.3) is 10.9 Å². The number of nitrogens with zero attached hydrogens (tertiary/aromatic N) is 1. The van der Waals surface area contributed by atoms with Gasteiger partial charge >= 0.3 is 0 Å². The van der Waals surface area contributed by atoms with E-state index in [4.69, 9.17) is 27.9 Å². The number of anilines is 1. The summed E-state index contributed by atoms with van der Waals surface area (Å²) in [6.07, 6.45) is 1.58. The lowest BCUT2D eigenvalue weighted by molar-refractivity contribution is 0.482. The summed E-state index contributed by atoms with van der Waals surface area (Å²) < 4.78 is 34.5. The molecule has 0 spiro atoms. The van der Waals surface area contributed by atoms with Crippen molar-refractivity contribution in [3.05, 3.63) is 87.5 Å². The second kappa shape index (κ2) is 8.62. The van der Waals surface area contributed by atoms with Crippen LogP contribution in [0.3, 0.4) is 0 Å². The molecule has 0 aliphatic carbocycles. The molecule has 164 valence electrons. The number of halogens is 2. The maximum atomic E-state index is 13.0. The average Bonchev–Trinajstić information content (AvgIpc) is 2.69. The highest BCUT2D eigenvalue weighted by molar-refractivity contribution is 7.92. The van der Waals surface area contributed by atoms with Gasteiger partial charge in [-0.2, -0.15) is 0 Å². The Morgan fingerprint density at radius 1 is 0.906 bits per heavy atom. The molecule has 0 unspecified atom stereocenters. The summed E-state index contributed by atoms with van der Waals surface area (Å²) in [5.74, 6) is 0.683. The lowest BCUT2D eigenvalue weighted by Gasteiger charge is -2.16. The predicted molar refractivity (Wildman–Crippen MR) is 130 cm³/mol. The van der Waals surface area contributed by atoms with Crippen molar-refractivity contribution in [2.75, 3.05) is 4.72 Å². The van der Waals surface area contributed by atoms with Gasteiger partial charge in [-0.25, -0.2) is 8.42 Å². The third-order valence-electron chi connectivity index (χ3n) is 4.91. The van der Waals surface area contributed by atoms with E-state index in [0.29, 0.717) is 16.9 Å². The molecule has 0 saturated heterocycles. The number of aryl methyl sites for hydroxylation is 3. The molecule has 0 radical (unpaired) electrons. The minimum absolute atomic E-state index is 0.167. The van der Waals surface area contributed by atoms with Crippen LogP contribution in [0, 0.1) is 20.8 Å². The third-order valence-corrected chi connectivity index (χ3v) is 7.16. The second-order valence-electron chi connectivity index (χ2n) is 7.57. The van der Waals surface area contributed by atoms with Crippen LogP contribution in [0.1, 0.15) is 16.7 Å². The minimum Gasteiger partial charge on any atom is -0.453 e. The zero-order valence-corrected chi connectivity index (χ0v) is 19.9. The van der Waals surface area contributed by atoms with E-state index in [9.17, 15) is 8.42 Å². The summed E-state index contributed by atoms with van der Waals surface area (Å²) in [6.45, 7) is 5.46. The molecule has 0 bridgehead atoms. The first kappa shape index (κ1) is 22.4. The van der Waals surface area contributed by atoms with Crippen molar-refractivity contribution in [3.8, 4) is 11.5 Å². The van der Waals surface area contributed by atoms with Gasteiger partial charge in [-0.15, -0.1) is 0 Å². The fourth-order valence-corrected chi connectivity index (χ4v) is 5.80. The number of nitrogens with one attached hydrogen (secondary N) is 1. The Bertz CT molecular complexity index is 1410. The highest BCUT2D eigenvalue weighted by Crippen LogP contribution is 2.39. The number of benzene rings is 3. The van der Waals surface area contributed by atoms with Crippen LogP contribution in [-0.4, -0.2) is 13.4 Å². The molecule has 0 atom stereocenters. The van der Waals surface area contributed by atoms with E-state index < -0.39 is 10.0 Å². The van der Waals surface area contributed by atoms with Crippen molar-refractivity contribution in [1.29, 1.82) is 0 Å². The highest BCUT2D eigenvalue weighted by Gasteiger charge is 2.21. The van der Waals surface area contributed by atoms with Gasteiger partial charge in [-0.3, -0.25) is 9.71 Å². The van der Waals surface area contributed by atoms with Crippen LogP contribution >= 0.6 is 23.2 Å². The Morgan fingerprint density at radius 2 is 1.53 bits per heavy atom. The maximum Gasteiger partial charge on any atom is 0.262 e. The molecular formula is C24H20Cl2N2O3S. The van der Waals surface area contributed by atoms with Gasteiger partial charge in [-0.1, -0.05) is 59.1 Å². The summed E-state index contributed by atoms with van der Waals surface area (Å²) in [5, 5.41) is 1.24. The number of fused-ring (bicyclic) bond motifs is 1. The predicted octanol–water partition coefficient (Wildman–Crippen LogP) is 7.06. The van der Waals surface area contributed by atoms with Crippen molar-refractivity contribution >= 4 is 49.8 Å². The van der Waals surface area contributed by atoms with Crippen LogP contribution in [0.2, 0.25) is 10.0 Å².